The van der Waals surface area contributed by atoms with Crippen molar-refractivity contribution in [3.05, 3.63) is 35.9 Å². The van der Waals surface area contributed by atoms with E-state index in [0.29, 0.717) is 17.5 Å². The molecule has 0 radical (unpaired) electrons. The van der Waals surface area contributed by atoms with Crippen LogP contribution in [0.5, 0.6) is 0 Å². The summed E-state index contributed by atoms with van der Waals surface area (Å²) in [5.74, 6) is 0.645. The van der Waals surface area contributed by atoms with E-state index in [2.05, 4.69) is 17.4 Å². The molecule has 0 spiro atoms. The molecule has 0 saturated carbocycles. The van der Waals surface area contributed by atoms with Crippen LogP contribution >= 0.6 is 11.8 Å². The van der Waals surface area contributed by atoms with Crippen molar-refractivity contribution in [2.24, 2.45) is 5.73 Å². The number of amides is 1. The van der Waals surface area contributed by atoms with Crippen molar-refractivity contribution in [1.29, 1.82) is 0 Å². The van der Waals surface area contributed by atoms with Gasteiger partial charge < -0.3 is 11.1 Å². The molecule has 0 aromatic heterocycles. The standard InChI is InChI=1S/C11H14N2OS/c12-9-7-15-10(6-13-11(9)14)8-4-2-1-3-5-8/h1-5,9-10H,6-7,12H2,(H,13,14)/t9-,10+/m0/s1. The molecule has 0 aliphatic carbocycles. The van der Waals surface area contributed by atoms with Gasteiger partial charge >= 0.3 is 0 Å². The summed E-state index contributed by atoms with van der Waals surface area (Å²) < 4.78 is 0. The second-order valence-corrected chi connectivity index (χ2v) is 4.82. The Kier molecular flexibility index (Phi) is 3.28. The molecule has 3 nitrogen and oxygen atoms in total. The third-order valence-electron chi connectivity index (χ3n) is 2.45. The van der Waals surface area contributed by atoms with Crippen LogP contribution in [0.2, 0.25) is 0 Å². The van der Waals surface area contributed by atoms with E-state index >= 15 is 0 Å². The fraction of sp³-hybridized carbons (Fsp3) is 0.364. The van der Waals surface area contributed by atoms with Gasteiger partial charge in [-0.25, -0.2) is 0 Å². The summed E-state index contributed by atoms with van der Waals surface area (Å²) in [5.41, 5.74) is 6.93. The lowest BCUT2D eigenvalue weighted by atomic mass is 10.1. The minimum Gasteiger partial charge on any atom is -0.353 e. The summed E-state index contributed by atoms with van der Waals surface area (Å²) in [7, 11) is 0. The molecule has 0 unspecified atom stereocenters. The van der Waals surface area contributed by atoms with Gasteiger partial charge in [-0.3, -0.25) is 4.79 Å². The van der Waals surface area contributed by atoms with Gasteiger partial charge in [0, 0.05) is 17.5 Å². The molecule has 80 valence electrons. The van der Waals surface area contributed by atoms with Crippen LogP contribution in [0.4, 0.5) is 0 Å². The maximum atomic E-state index is 11.3. The molecule has 1 heterocycles. The van der Waals surface area contributed by atoms with Crippen molar-refractivity contribution in [1.82, 2.24) is 5.32 Å². The molecule has 1 aromatic carbocycles. The van der Waals surface area contributed by atoms with Crippen molar-refractivity contribution in [3.8, 4) is 0 Å². The van der Waals surface area contributed by atoms with Crippen LogP contribution < -0.4 is 11.1 Å². The van der Waals surface area contributed by atoms with Crippen molar-refractivity contribution < 1.29 is 4.79 Å². The zero-order valence-corrected chi connectivity index (χ0v) is 9.17. The molecule has 3 N–H and O–H groups in total. The van der Waals surface area contributed by atoms with Crippen molar-refractivity contribution >= 4 is 17.7 Å². The van der Waals surface area contributed by atoms with Gasteiger partial charge in [0.1, 0.15) is 0 Å². The lowest BCUT2D eigenvalue weighted by Crippen LogP contribution is -2.40. The summed E-state index contributed by atoms with van der Waals surface area (Å²) in [6.45, 7) is 0.668. The van der Waals surface area contributed by atoms with Gasteiger partial charge in [0.05, 0.1) is 6.04 Å². The Balaban J connectivity index is 2.09. The number of thioether (sulfide) groups is 1. The Hall–Kier alpha value is -1.00. The number of carbonyl (C=O) groups is 1. The molecule has 4 heteroatoms. The maximum Gasteiger partial charge on any atom is 0.237 e. The zero-order chi connectivity index (χ0) is 10.7. The van der Waals surface area contributed by atoms with E-state index in [1.165, 1.54) is 5.56 Å². The molecule has 1 aromatic rings. The summed E-state index contributed by atoms with van der Waals surface area (Å²) in [6, 6.07) is 9.82. The molecule has 2 rings (SSSR count). The molecule has 1 aliphatic heterocycles. The normalized spacial score (nSPS) is 26.9. The van der Waals surface area contributed by atoms with Crippen LogP contribution in [-0.2, 0) is 4.79 Å². The van der Waals surface area contributed by atoms with E-state index in [9.17, 15) is 4.79 Å². The highest BCUT2D eigenvalue weighted by Gasteiger charge is 2.23. The monoisotopic (exact) mass is 222 g/mol. The van der Waals surface area contributed by atoms with Gasteiger partial charge in [-0.1, -0.05) is 30.3 Å². The van der Waals surface area contributed by atoms with E-state index < -0.39 is 0 Å². The van der Waals surface area contributed by atoms with Crippen LogP contribution in [0, 0.1) is 0 Å². The smallest absolute Gasteiger partial charge is 0.237 e. The fourth-order valence-corrected chi connectivity index (χ4v) is 2.70. The fourth-order valence-electron chi connectivity index (χ4n) is 1.56. The first-order valence-electron chi connectivity index (χ1n) is 4.97. The van der Waals surface area contributed by atoms with E-state index in [1.807, 2.05) is 18.2 Å². The van der Waals surface area contributed by atoms with E-state index in [1.54, 1.807) is 11.8 Å². The average molecular weight is 222 g/mol. The Morgan fingerprint density at radius 2 is 2.07 bits per heavy atom. The number of hydrogen-bond donors (Lipinski definition) is 2. The Morgan fingerprint density at radius 1 is 1.33 bits per heavy atom. The highest BCUT2D eigenvalue weighted by Crippen LogP contribution is 2.29. The van der Waals surface area contributed by atoms with E-state index in [4.69, 9.17) is 5.73 Å². The lowest BCUT2D eigenvalue weighted by molar-refractivity contribution is -0.121. The van der Waals surface area contributed by atoms with Crippen molar-refractivity contribution in [3.63, 3.8) is 0 Å². The van der Waals surface area contributed by atoms with E-state index in [-0.39, 0.29) is 11.9 Å². The Morgan fingerprint density at radius 3 is 2.80 bits per heavy atom. The second kappa shape index (κ2) is 4.68. The van der Waals surface area contributed by atoms with Crippen molar-refractivity contribution in [2.45, 2.75) is 11.3 Å². The number of nitrogens with one attached hydrogen (secondary N) is 1. The number of carbonyl (C=O) groups excluding carboxylic acids is 1. The molecular formula is C11H14N2OS. The molecule has 1 amide bonds. The van der Waals surface area contributed by atoms with Crippen LogP contribution in [0.1, 0.15) is 10.8 Å². The third kappa shape index (κ3) is 2.52. The molecule has 15 heavy (non-hydrogen) atoms. The number of rotatable bonds is 1. The predicted molar refractivity (Wildman–Crippen MR) is 62.6 cm³/mol. The minimum atomic E-state index is -0.372. The Labute approximate surface area is 93.4 Å². The van der Waals surface area contributed by atoms with Crippen LogP contribution in [-0.4, -0.2) is 24.2 Å². The first-order valence-corrected chi connectivity index (χ1v) is 6.02. The van der Waals surface area contributed by atoms with Gasteiger partial charge in [-0.15, -0.1) is 11.8 Å². The predicted octanol–water partition coefficient (Wildman–Crippen LogP) is 0.918. The number of nitrogens with two attached hydrogens (primary N) is 1. The number of benzene rings is 1. The molecular weight excluding hydrogens is 208 g/mol. The van der Waals surface area contributed by atoms with Crippen LogP contribution in [0.25, 0.3) is 0 Å². The average Bonchev–Trinajstić information content (AvgIpc) is 2.44. The maximum absolute atomic E-state index is 11.3. The minimum absolute atomic E-state index is 0.0408. The molecule has 1 saturated heterocycles. The summed E-state index contributed by atoms with van der Waals surface area (Å²) in [6.07, 6.45) is 0. The molecule has 1 fully saturated rings. The molecule has 1 aliphatic rings. The van der Waals surface area contributed by atoms with E-state index in [0.717, 1.165) is 0 Å². The largest absolute Gasteiger partial charge is 0.353 e. The van der Waals surface area contributed by atoms with Gasteiger partial charge in [0.25, 0.3) is 0 Å². The third-order valence-corrected chi connectivity index (χ3v) is 3.84. The van der Waals surface area contributed by atoms with Gasteiger partial charge in [-0.05, 0) is 5.56 Å². The van der Waals surface area contributed by atoms with Gasteiger partial charge in [0.15, 0.2) is 0 Å². The lowest BCUT2D eigenvalue weighted by Gasteiger charge is -2.13. The summed E-state index contributed by atoms with van der Waals surface area (Å²) >= 11 is 1.74. The first kappa shape index (κ1) is 10.5. The zero-order valence-electron chi connectivity index (χ0n) is 8.35. The number of hydrogen-bond acceptors (Lipinski definition) is 3. The highest BCUT2D eigenvalue weighted by atomic mass is 32.2. The highest BCUT2D eigenvalue weighted by molar-refractivity contribution is 7.99. The SMILES string of the molecule is N[C@H]1CS[C@@H](c2ccccc2)CNC1=O. The quantitative estimate of drug-likeness (QED) is 0.743. The second-order valence-electron chi connectivity index (χ2n) is 3.58. The van der Waals surface area contributed by atoms with Gasteiger partial charge in [0.2, 0.25) is 5.91 Å². The van der Waals surface area contributed by atoms with Crippen LogP contribution in [0.3, 0.4) is 0 Å². The first-order chi connectivity index (χ1) is 7.27. The summed E-state index contributed by atoms with van der Waals surface area (Å²) in [5, 5.41) is 3.18. The van der Waals surface area contributed by atoms with Crippen LogP contribution in [0.15, 0.2) is 30.3 Å². The summed E-state index contributed by atoms with van der Waals surface area (Å²) in [4.78, 5) is 11.3. The molecule has 0 bridgehead atoms. The van der Waals surface area contributed by atoms with Gasteiger partial charge in [-0.2, -0.15) is 0 Å². The van der Waals surface area contributed by atoms with Crippen molar-refractivity contribution in [2.75, 3.05) is 12.3 Å². The topological polar surface area (TPSA) is 55.1 Å². The molecule has 2 atom stereocenters. The Bertz CT molecular complexity index is 342.